The molecule has 2 aromatic carbocycles. The third-order valence-electron chi connectivity index (χ3n) is 3.98. The number of hydrogen-bond donors (Lipinski definition) is 0. The van der Waals surface area contributed by atoms with E-state index in [1.807, 2.05) is 12.1 Å². The summed E-state index contributed by atoms with van der Waals surface area (Å²) in [4.78, 5) is 25.4. The van der Waals surface area contributed by atoms with Gasteiger partial charge in [-0.1, -0.05) is 39.9 Å². The Balaban J connectivity index is 2.09. The molecule has 0 aliphatic rings. The molecule has 7 nitrogen and oxygen atoms in total. The molecule has 2 aromatic heterocycles. The van der Waals surface area contributed by atoms with Crippen molar-refractivity contribution in [3.63, 3.8) is 0 Å². The molecule has 0 radical (unpaired) electrons. The Labute approximate surface area is 135 Å². The Morgan fingerprint density at radius 3 is 2.50 bits per heavy atom. The third-order valence-corrected chi connectivity index (χ3v) is 3.98. The number of fused-ring (bicyclic) bond motifs is 3. The van der Waals surface area contributed by atoms with Crippen LogP contribution >= 0.6 is 0 Å². The second-order valence-electron chi connectivity index (χ2n) is 5.38. The van der Waals surface area contributed by atoms with E-state index in [9.17, 15) is 14.7 Å². The lowest BCUT2D eigenvalue weighted by atomic mass is 10.2. The number of para-hydroxylation sites is 2. The van der Waals surface area contributed by atoms with Crippen molar-refractivity contribution in [2.24, 2.45) is 7.05 Å². The first kappa shape index (κ1) is 14.1. The Hall–Kier alpha value is -3.48. The standard InChI is InChI=1S/C17H12N4O3/c1-19-12-9-5-6-10-13(12)21-14(19)16(23)20(17(24)18-21)15(22)11-7-3-2-4-8-11/h2-10H,1H3. The summed E-state index contributed by atoms with van der Waals surface area (Å²) in [7, 11) is 1.70. The summed E-state index contributed by atoms with van der Waals surface area (Å²) in [6, 6.07) is 14.5. The van der Waals surface area contributed by atoms with Crippen molar-refractivity contribution in [2.45, 2.75) is 0 Å². The zero-order chi connectivity index (χ0) is 16.8. The zero-order valence-corrected chi connectivity index (χ0v) is 12.7. The van der Waals surface area contributed by atoms with Gasteiger partial charge in [-0.05, 0) is 24.3 Å². The minimum atomic E-state index is -0.900. The average molecular weight is 320 g/mol. The lowest BCUT2D eigenvalue weighted by Crippen LogP contribution is -2.40. The van der Waals surface area contributed by atoms with Crippen molar-refractivity contribution in [3.05, 3.63) is 70.5 Å². The molecule has 0 fully saturated rings. The van der Waals surface area contributed by atoms with Gasteiger partial charge in [-0.25, -0.2) is 9.13 Å². The Bertz CT molecular complexity index is 1160. The van der Waals surface area contributed by atoms with E-state index < -0.39 is 17.5 Å². The van der Waals surface area contributed by atoms with Crippen LogP contribution < -0.4 is 15.2 Å². The van der Waals surface area contributed by atoms with Crippen LogP contribution in [0.25, 0.3) is 16.7 Å². The van der Waals surface area contributed by atoms with Crippen LogP contribution in [0.2, 0.25) is 0 Å². The third kappa shape index (κ3) is 1.84. The highest BCUT2D eigenvalue weighted by molar-refractivity contribution is 5.96. The van der Waals surface area contributed by atoms with E-state index in [1.165, 1.54) is 4.52 Å². The van der Waals surface area contributed by atoms with E-state index in [1.54, 1.807) is 54.1 Å². The SMILES string of the molecule is C[n+]1c2ccccc2n2nc([O-])n(C(=O)c3ccccc3)c(=O)c21. The molecule has 0 aliphatic heterocycles. The molecule has 2 heterocycles. The van der Waals surface area contributed by atoms with E-state index >= 15 is 0 Å². The van der Waals surface area contributed by atoms with Crippen LogP contribution in [0.15, 0.2) is 59.4 Å². The van der Waals surface area contributed by atoms with Crippen LogP contribution in [0.5, 0.6) is 6.01 Å². The molecule has 0 unspecified atom stereocenters. The van der Waals surface area contributed by atoms with E-state index in [4.69, 9.17) is 0 Å². The van der Waals surface area contributed by atoms with Gasteiger partial charge in [0.2, 0.25) is 5.52 Å². The molecule has 0 saturated carbocycles. The van der Waals surface area contributed by atoms with Crippen LogP contribution in [0.1, 0.15) is 10.4 Å². The van der Waals surface area contributed by atoms with Gasteiger partial charge in [0.05, 0.1) is 7.05 Å². The van der Waals surface area contributed by atoms with E-state index in [0.717, 1.165) is 5.52 Å². The predicted molar refractivity (Wildman–Crippen MR) is 83.8 cm³/mol. The number of benzene rings is 2. The van der Waals surface area contributed by atoms with Crippen LogP contribution in [0.4, 0.5) is 0 Å². The number of carbonyl (C=O) groups is 1. The fraction of sp³-hybridized carbons (Fsp3) is 0.0588. The summed E-state index contributed by atoms with van der Waals surface area (Å²) < 4.78 is 3.48. The first-order valence-electron chi connectivity index (χ1n) is 7.29. The Morgan fingerprint density at radius 1 is 1.08 bits per heavy atom. The molecule has 4 rings (SSSR count). The maximum atomic E-state index is 12.8. The van der Waals surface area contributed by atoms with Gasteiger partial charge >= 0.3 is 11.2 Å². The molecule has 0 aliphatic carbocycles. The van der Waals surface area contributed by atoms with Gasteiger partial charge in [-0.3, -0.25) is 9.59 Å². The fourth-order valence-corrected chi connectivity index (χ4v) is 2.84. The van der Waals surface area contributed by atoms with Gasteiger partial charge in [0.25, 0.3) is 5.91 Å². The number of hydrogen-bond acceptors (Lipinski definition) is 4. The summed E-state index contributed by atoms with van der Waals surface area (Å²) in [6.45, 7) is 0. The molecule has 0 bridgehead atoms. The molecular weight excluding hydrogens is 308 g/mol. The summed E-state index contributed by atoms with van der Waals surface area (Å²) in [5, 5.41) is 16.2. The molecule has 118 valence electrons. The second-order valence-corrected chi connectivity index (χ2v) is 5.38. The Morgan fingerprint density at radius 2 is 1.75 bits per heavy atom. The first-order valence-corrected chi connectivity index (χ1v) is 7.29. The molecule has 4 aromatic rings. The number of nitrogens with zero attached hydrogens (tertiary/aromatic N) is 4. The summed E-state index contributed by atoms with van der Waals surface area (Å²) >= 11 is 0. The zero-order valence-electron chi connectivity index (χ0n) is 12.7. The van der Waals surface area contributed by atoms with Gasteiger partial charge in [0, 0.05) is 5.56 Å². The summed E-state index contributed by atoms with van der Waals surface area (Å²) in [5.41, 5.74) is 1.08. The van der Waals surface area contributed by atoms with Crippen LogP contribution in [0.3, 0.4) is 0 Å². The molecule has 0 N–H and O–H groups in total. The molecule has 0 spiro atoms. The molecule has 0 saturated heterocycles. The van der Waals surface area contributed by atoms with Gasteiger partial charge in [-0.2, -0.15) is 0 Å². The normalized spacial score (nSPS) is 11.2. The van der Waals surface area contributed by atoms with Gasteiger partial charge in [0.15, 0.2) is 5.52 Å². The summed E-state index contributed by atoms with van der Waals surface area (Å²) in [5.74, 6) is -0.689. The van der Waals surface area contributed by atoms with Crippen molar-refractivity contribution in [3.8, 4) is 6.01 Å². The molecule has 24 heavy (non-hydrogen) atoms. The fourth-order valence-electron chi connectivity index (χ4n) is 2.84. The lowest BCUT2D eigenvalue weighted by molar-refractivity contribution is -0.619. The molecule has 7 heteroatoms. The van der Waals surface area contributed by atoms with E-state index in [2.05, 4.69) is 5.10 Å². The average Bonchev–Trinajstić information content (AvgIpc) is 2.88. The van der Waals surface area contributed by atoms with Crippen molar-refractivity contribution in [1.82, 2.24) is 14.2 Å². The largest absolute Gasteiger partial charge is 0.843 e. The smallest absolute Gasteiger partial charge is 0.375 e. The monoisotopic (exact) mass is 320 g/mol. The number of rotatable bonds is 1. The quantitative estimate of drug-likeness (QED) is 0.470. The maximum Gasteiger partial charge on any atom is 0.375 e. The minimum Gasteiger partial charge on any atom is -0.843 e. The van der Waals surface area contributed by atoms with Crippen molar-refractivity contribution in [2.75, 3.05) is 0 Å². The highest BCUT2D eigenvalue weighted by Gasteiger charge is 2.25. The predicted octanol–water partition coefficient (Wildman–Crippen LogP) is 0.236. The molecular formula is C17H12N4O3. The van der Waals surface area contributed by atoms with Gasteiger partial charge < -0.3 is 5.11 Å². The minimum absolute atomic E-state index is 0.153. The molecule has 0 atom stereocenters. The Kier molecular flexibility index (Phi) is 2.96. The van der Waals surface area contributed by atoms with Crippen LogP contribution in [-0.4, -0.2) is 20.1 Å². The van der Waals surface area contributed by atoms with Gasteiger partial charge in [-0.15, -0.1) is 0 Å². The second kappa shape index (κ2) is 5.02. The van der Waals surface area contributed by atoms with E-state index in [-0.39, 0.29) is 11.2 Å². The number of aryl methyl sites for hydroxylation is 1. The van der Waals surface area contributed by atoms with Crippen molar-refractivity contribution in [1.29, 1.82) is 0 Å². The topological polar surface area (TPSA) is 83.3 Å². The highest BCUT2D eigenvalue weighted by atomic mass is 16.3. The molecule has 0 amide bonds. The maximum absolute atomic E-state index is 12.8. The highest BCUT2D eigenvalue weighted by Crippen LogP contribution is 2.13. The van der Waals surface area contributed by atoms with Crippen molar-refractivity contribution >= 4 is 22.6 Å². The van der Waals surface area contributed by atoms with Crippen LogP contribution in [-0.2, 0) is 7.05 Å². The van der Waals surface area contributed by atoms with Crippen molar-refractivity contribution < 1.29 is 14.5 Å². The van der Waals surface area contributed by atoms with Gasteiger partial charge in [0.1, 0.15) is 6.01 Å². The first-order chi connectivity index (χ1) is 11.6. The summed E-state index contributed by atoms with van der Waals surface area (Å²) in [6.07, 6.45) is 0. The van der Waals surface area contributed by atoms with Crippen LogP contribution in [0, 0.1) is 0 Å². The number of carbonyl (C=O) groups excluding carboxylic acids is 1. The van der Waals surface area contributed by atoms with E-state index in [0.29, 0.717) is 10.1 Å². The number of imidazole rings is 1. The number of aromatic nitrogens is 4. The lowest BCUT2D eigenvalue weighted by Gasteiger charge is -2.11.